The van der Waals surface area contributed by atoms with Crippen LogP contribution in [0, 0.1) is 0 Å². The van der Waals surface area contributed by atoms with Gasteiger partial charge in [0.1, 0.15) is 0 Å². The van der Waals surface area contributed by atoms with Crippen molar-refractivity contribution >= 4 is 23.4 Å². The van der Waals surface area contributed by atoms with Gasteiger partial charge in [0.15, 0.2) is 5.82 Å². The average Bonchev–Trinajstić information content (AvgIpc) is 2.70. The van der Waals surface area contributed by atoms with Crippen molar-refractivity contribution in [2.75, 3.05) is 24.3 Å². The smallest absolute Gasteiger partial charge is 0.320 e. The number of anilines is 1. The van der Waals surface area contributed by atoms with E-state index in [0.717, 1.165) is 30.8 Å². The zero-order valence-electron chi connectivity index (χ0n) is 8.77. The third-order valence-electron chi connectivity index (χ3n) is 2.42. The van der Waals surface area contributed by atoms with Crippen LogP contribution in [-0.4, -0.2) is 35.2 Å². The summed E-state index contributed by atoms with van der Waals surface area (Å²) in [4.78, 5) is 11.4. The third kappa shape index (κ3) is 2.45. The SMILES string of the molecule is O=C(NCCCl)Nc1n[nH]c2c1CCNC2. The highest BCUT2D eigenvalue weighted by atomic mass is 35.5. The molecule has 88 valence electrons. The zero-order valence-corrected chi connectivity index (χ0v) is 9.52. The van der Waals surface area contributed by atoms with Gasteiger partial charge in [-0.15, -0.1) is 11.6 Å². The van der Waals surface area contributed by atoms with Gasteiger partial charge in [0, 0.05) is 24.5 Å². The van der Waals surface area contributed by atoms with Gasteiger partial charge in [-0.25, -0.2) is 4.79 Å². The van der Waals surface area contributed by atoms with Crippen LogP contribution in [0.3, 0.4) is 0 Å². The van der Waals surface area contributed by atoms with Gasteiger partial charge < -0.3 is 10.6 Å². The normalized spacial score (nSPS) is 14.3. The fourth-order valence-corrected chi connectivity index (χ4v) is 1.75. The topological polar surface area (TPSA) is 81.8 Å². The summed E-state index contributed by atoms with van der Waals surface area (Å²) in [5.74, 6) is 1.01. The molecule has 1 aliphatic heterocycles. The number of nitrogens with zero attached hydrogens (tertiary/aromatic N) is 1. The van der Waals surface area contributed by atoms with Gasteiger partial charge in [-0.2, -0.15) is 5.10 Å². The van der Waals surface area contributed by atoms with E-state index >= 15 is 0 Å². The van der Waals surface area contributed by atoms with Gasteiger partial charge in [-0.3, -0.25) is 10.4 Å². The number of carbonyl (C=O) groups is 1. The first-order valence-corrected chi connectivity index (χ1v) is 5.72. The number of aromatic nitrogens is 2. The van der Waals surface area contributed by atoms with Crippen LogP contribution in [0.4, 0.5) is 10.6 Å². The molecule has 0 spiro atoms. The molecule has 0 fully saturated rings. The maximum absolute atomic E-state index is 11.4. The molecule has 2 amide bonds. The summed E-state index contributed by atoms with van der Waals surface area (Å²) in [7, 11) is 0. The summed E-state index contributed by atoms with van der Waals surface area (Å²) >= 11 is 5.47. The fourth-order valence-electron chi connectivity index (χ4n) is 1.66. The number of nitrogens with one attached hydrogen (secondary N) is 4. The Kier molecular flexibility index (Phi) is 3.63. The Balaban J connectivity index is 1.99. The van der Waals surface area contributed by atoms with Crippen LogP contribution in [0.1, 0.15) is 11.3 Å². The minimum atomic E-state index is -0.270. The van der Waals surface area contributed by atoms with Gasteiger partial charge >= 0.3 is 6.03 Å². The number of aromatic amines is 1. The van der Waals surface area contributed by atoms with Gasteiger partial charge in [0.25, 0.3) is 0 Å². The Morgan fingerprint density at radius 3 is 3.25 bits per heavy atom. The second-order valence-corrected chi connectivity index (χ2v) is 3.90. The van der Waals surface area contributed by atoms with Crippen LogP contribution in [0.5, 0.6) is 0 Å². The van der Waals surface area contributed by atoms with Gasteiger partial charge in [-0.05, 0) is 13.0 Å². The van der Waals surface area contributed by atoms with E-state index in [1.54, 1.807) is 0 Å². The first-order chi connectivity index (χ1) is 7.81. The van der Waals surface area contributed by atoms with Crippen molar-refractivity contribution in [1.82, 2.24) is 20.8 Å². The summed E-state index contributed by atoms with van der Waals surface area (Å²) in [6, 6.07) is -0.270. The van der Waals surface area contributed by atoms with Crippen molar-refractivity contribution in [3.05, 3.63) is 11.3 Å². The van der Waals surface area contributed by atoms with Crippen molar-refractivity contribution in [1.29, 1.82) is 0 Å². The van der Waals surface area contributed by atoms with E-state index in [0.29, 0.717) is 18.2 Å². The fraction of sp³-hybridized carbons (Fsp3) is 0.556. The molecule has 0 atom stereocenters. The van der Waals surface area contributed by atoms with Gasteiger partial charge in [0.2, 0.25) is 0 Å². The molecule has 1 aromatic heterocycles. The van der Waals surface area contributed by atoms with E-state index in [1.807, 2.05) is 0 Å². The minimum absolute atomic E-state index is 0.270. The van der Waals surface area contributed by atoms with Crippen molar-refractivity contribution < 1.29 is 4.79 Å². The number of carbonyl (C=O) groups excluding carboxylic acids is 1. The van der Waals surface area contributed by atoms with Crippen LogP contribution in [0.25, 0.3) is 0 Å². The number of hydrogen-bond acceptors (Lipinski definition) is 3. The van der Waals surface area contributed by atoms with E-state index in [2.05, 4.69) is 26.1 Å². The molecule has 0 aromatic carbocycles. The molecule has 1 aromatic rings. The molecule has 16 heavy (non-hydrogen) atoms. The second kappa shape index (κ2) is 5.18. The average molecular weight is 244 g/mol. The predicted molar refractivity (Wildman–Crippen MR) is 61.7 cm³/mol. The molecule has 0 unspecified atom stereocenters. The Bertz CT molecular complexity index is 378. The van der Waals surface area contributed by atoms with E-state index in [4.69, 9.17) is 11.6 Å². The summed E-state index contributed by atoms with van der Waals surface area (Å²) < 4.78 is 0. The van der Waals surface area contributed by atoms with Crippen molar-refractivity contribution in [3.8, 4) is 0 Å². The van der Waals surface area contributed by atoms with Crippen molar-refractivity contribution in [2.45, 2.75) is 13.0 Å². The minimum Gasteiger partial charge on any atom is -0.337 e. The Hall–Kier alpha value is -1.27. The highest BCUT2D eigenvalue weighted by molar-refractivity contribution is 6.18. The number of hydrogen-bond donors (Lipinski definition) is 4. The molecule has 0 saturated heterocycles. The van der Waals surface area contributed by atoms with Crippen molar-refractivity contribution in [3.63, 3.8) is 0 Å². The molecule has 4 N–H and O–H groups in total. The first-order valence-electron chi connectivity index (χ1n) is 5.19. The molecule has 0 saturated carbocycles. The Morgan fingerprint density at radius 1 is 1.56 bits per heavy atom. The van der Waals surface area contributed by atoms with E-state index < -0.39 is 0 Å². The molecule has 2 rings (SSSR count). The quantitative estimate of drug-likeness (QED) is 0.581. The number of urea groups is 1. The van der Waals surface area contributed by atoms with Crippen molar-refractivity contribution in [2.24, 2.45) is 0 Å². The van der Waals surface area contributed by atoms with E-state index in [-0.39, 0.29) is 6.03 Å². The second-order valence-electron chi connectivity index (χ2n) is 3.53. The number of fused-ring (bicyclic) bond motifs is 1. The number of amides is 2. The molecule has 0 aliphatic carbocycles. The van der Waals surface area contributed by atoms with Crippen LogP contribution in [-0.2, 0) is 13.0 Å². The lowest BCUT2D eigenvalue weighted by molar-refractivity contribution is 0.252. The Morgan fingerprint density at radius 2 is 2.44 bits per heavy atom. The first kappa shape index (κ1) is 11.2. The third-order valence-corrected chi connectivity index (χ3v) is 2.61. The lowest BCUT2D eigenvalue weighted by Gasteiger charge is -2.13. The molecule has 1 aliphatic rings. The molecular weight excluding hydrogens is 230 g/mol. The van der Waals surface area contributed by atoms with Gasteiger partial charge in [-0.1, -0.05) is 0 Å². The summed E-state index contributed by atoms with van der Waals surface area (Å²) in [5.41, 5.74) is 2.12. The largest absolute Gasteiger partial charge is 0.337 e. The monoisotopic (exact) mass is 243 g/mol. The van der Waals surface area contributed by atoms with Gasteiger partial charge in [0.05, 0.1) is 5.69 Å². The predicted octanol–water partition coefficient (Wildman–Crippen LogP) is 0.416. The molecule has 7 heteroatoms. The maximum Gasteiger partial charge on any atom is 0.320 e. The van der Waals surface area contributed by atoms with Crippen LogP contribution >= 0.6 is 11.6 Å². The molecule has 2 heterocycles. The van der Waals surface area contributed by atoms with E-state index in [9.17, 15) is 4.79 Å². The van der Waals surface area contributed by atoms with Crippen LogP contribution in [0.15, 0.2) is 0 Å². The summed E-state index contributed by atoms with van der Waals surface area (Å²) in [6.07, 6.45) is 0.872. The standard InChI is InChI=1S/C9H14ClN5O/c10-2-4-12-9(16)13-8-6-1-3-11-5-7(6)14-15-8/h11H,1-5H2,(H3,12,13,14,15,16). The lowest BCUT2D eigenvalue weighted by atomic mass is 10.1. The number of halogens is 1. The number of H-pyrrole nitrogens is 1. The molecular formula is C9H14ClN5O. The molecule has 0 bridgehead atoms. The van der Waals surface area contributed by atoms with Crippen LogP contribution < -0.4 is 16.0 Å². The zero-order chi connectivity index (χ0) is 11.4. The number of alkyl halides is 1. The van der Waals surface area contributed by atoms with Crippen LogP contribution in [0.2, 0.25) is 0 Å². The summed E-state index contributed by atoms with van der Waals surface area (Å²) in [6.45, 7) is 2.12. The van der Waals surface area contributed by atoms with E-state index in [1.165, 1.54) is 0 Å². The highest BCUT2D eigenvalue weighted by Gasteiger charge is 2.17. The maximum atomic E-state index is 11.4. The Labute approximate surface area is 98.1 Å². The highest BCUT2D eigenvalue weighted by Crippen LogP contribution is 2.19. The lowest BCUT2D eigenvalue weighted by Crippen LogP contribution is -2.31. The summed E-state index contributed by atoms with van der Waals surface area (Å²) in [5, 5.41) is 15.5. The molecule has 0 radical (unpaired) electrons. The number of rotatable bonds is 3. The molecule has 6 nitrogen and oxygen atoms in total.